The molecule has 0 spiro atoms. The third kappa shape index (κ3) is 2.62. The maximum absolute atomic E-state index is 6.39. The van der Waals surface area contributed by atoms with Crippen molar-refractivity contribution in [2.75, 3.05) is 6.61 Å². The van der Waals surface area contributed by atoms with Gasteiger partial charge in [0, 0.05) is 21.4 Å². The molecule has 108 valence electrons. The first-order chi connectivity index (χ1) is 10.2. The first-order valence-electron chi connectivity index (χ1n) is 6.84. The first-order valence-corrected chi connectivity index (χ1v) is 7.22. The van der Waals surface area contributed by atoms with Crippen LogP contribution in [-0.4, -0.2) is 6.61 Å². The van der Waals surface area contributed by atoms with Gasteiger partial charge in [0.1, 0.15) is 11.5 Å². The number of nitrogens with two attached hydrogens (primary N) is 1. The van der Waals surface area contributed by atoms with Crippen molar-refractivity contribution in [2.24, 2.45) is 5.73 Å². The molecule has 4 heteroatoms. The quantitative estimate of drug-likeness (QED) is 0.770. The van der Waals surface area contributed by atoms with Crippen LogP contribution < -0.4 is 10.5 Å². The monoisotopic (exact) mass is 301 g/mol. The minimum absolute atomic E-state index is 0.426. The molecule has 0 aliphatic heterocycles. The molecule has 0 saturated heterocycles. The van der Waals surface area contributed by atoms with Gasteiger partial charge in [-0.2, -0.15) is 0 Å². The molecule has 2 N–H and O–H groups in total. The van der Waals surface area contributed by atoms with Gasteiger partial charge >= 0.3 is 0 Å². The highest BCUT2D eigenvalue weighted by molar-refractivity contribution is 6.30. The van der Waals surface area contributed by atoms with Crippen molar-refractivity contribution in [3.05, 3.63) is 65.1 Å². The molecule has 1 atom stereocenters. The standard InChI is InChI=1S/C17H16ClNO2/c1-2-20-15-8-7-12(18)9-14(15)16(19)17-13-6-4-3-5-11(13)10-21-17/h3-10,16H,2,19H2,1H3. The van der Waals surface area contributed by atoms with E-state index >= 15 is 0 Å². The number of furan rings is 1. The number of ether oxygens (including phenoxy) is 1. The molecule has 21 heavy (non-hydrogen) atoms. The highest BCUT2D eigenvalue weighted by Crippen LogP contribution is 2.34. The summed E-state index contributed by atoms with van der Waals surface area (Å²) in [5.41, 5.74) is 7.22. The van der Waals surface area contributed by atoms with E-state index in [1.807, 2.05) is 43.3 Å². The first kappa shape index (κ1) is 14.0. The number of hydrogen-bond donors (Lipinski definition) is 1. The Hall–Kier alpha value is -1.97. The molecule has 1 heterocycles. The molecule has 3 aromatic rings. The van der Waals surface area contributed by atoms with Crippen LogP contribution in [0.1, 0.15) is 24.3 Å². The normalized spacial score (nSPS) is 12.5. The van der Waals surface area contributed by atoms with Gasteiger partial charge in [0.05, 0.1) is 18.9 Å². The van der Waals surface area contributed by atoms with Crippen LogP contribution in [0.2, 0.25) is 5.02 Å². The zero-order valence-corrected chi connectivity index (χ0v) is 12.4. The van der Waals surface area contributed by atoms with E-state index in [-0.39, 0.29) is 0 Å². The van der Waals surface area contributed by atoms with Gasteiger partial charge in [-0.1, -0.05) is 35.9 Å². The van der Waals surface area contributed by atoms with E-state index in [2.05, 4.69) is 0 Å². The van der Waals surface area contributed by atoms with Gasteiger partial charge < -0.3 is 14.9 Å². The van der Waals surface area contributed by atoms with Crippen molar-refractivity contribution in [1.29, 1.82) is 0 Å². The molecular weight excluding hydrogens is 286 g/mol. The number of fused-ring (bicyclic) bond motifs is 1. The summed E-state index contributed by atoms with van der Waals surface area (Å²) in [5.74, 6) is 1.45. The second kappa shape index (κ2) is 5.80. The molecule has 0 saturated carbocycles. The molecule has 0 bridgehead atoms. The summed E-state index contributed by atoms with van der Waals surface area (Å²) < 4.78 is 11.3. The predicted molar refractivity (Wildman–Crippen MR) is 84.9 cm³/mol. The highest BCUT2D eigenvalue weighted by Gasteiger charge is 2.20. The van der Waals surface area contributed by atoms with Crippen LogP contribution in [0.25, 0.3) is 10.8 Å². The van der Waals surface area contributed by atoms with Crippen LogP contribution in [0.3, 0.4) is 0 Å². The fraction of sp³-hybridized carbons (Fsp3) is 0.176. The Kier molecular flexibility index (Phi) is 3.86. The minimum Gasteiger partial charge on any atom is -0.494 e. The number of rotatable bonds is 4. The second-order valence-electron chi connectivity index (χ2n) is 4.78. The molecule has 0 fully saturated rings. The average molecular weight is 302 g/mol. The Morgan fingerprint density at radius 1 is 1.24 bits per heavy atom. The summed E-state index contributed by atoms with van der Waals surface area (Å²) >= 11 is 6.10. The lowest BCUT2D eigenvalue weighted by Gasteiger charge is -2.15. The van der Waals surface area contributed by atoms with Gasteiger partial charge in [-0.05, 0) is 25.1 Å². The summed E-state index contributed by atoms with van der Waals surface area (Å²) in [6, 6.07) is 13.0. The lowest BCUT2D eigenvalue weighted by atomic mass is 10.0. The Morgan fingerprint density at radius 2 is 2.05 bits per heavy atom. The topological polar surface area (TPSA) is 48.4 Å². The SMILES string of the molecule is CCOc1ccc(Cl)cc1C(N)c1occ2ccccc12. The number of benzene rings is 2. The van der Waals surface area contributed by atoms with E-state index < -0.39 is 6.04 Å². The summed E-state index contributed by atoms with van der Waals surface area (Å²) in [7, 11) is 0. The second-order valence-corrected chi connectivity index (χ2v) is 5.22. The van der Waals surface area contributed by atoms with Gasteiger partial charge in [0.15, 0.2) is 0 Å². The van der Waals surface area contributed by atoms with E-state index in [0.717, 1.165) is 22.1 Å². The van der Waals surface area contributed by atoms with Crippen LogP contribution in [0.5, 0.6) is 5.75 Å². The molecule has 1 aromatic heterocycles. The van der Waals surface area contributed by atoms with Crippen molar-refractivity contribution in [3.8, 4) is 5.75 Å². The van der Waals surface area contributed by atoms with Crippen molar-refractivity contribution < 1.29 is 9.15 Å². The smallest absolute Gasteiger partial charge is 0.132 e. The van der Waals surface area contributed by atoms with Gasteiger partial charge in [0.25, 0.3) is 0 Å². The van der Waals surface area contributed by atoms with Gasteiger partial charge in [-0.25, -0.2) is 0 Å². The van der Waals surface area contributed by atoms with Crippen LogP contribution in [0.4, 0.5) is 0 Å². The molecule has 2 aromatic carbocycles. The Labute approximate surface area is 128 Å². The van der Waals surface area contributed by atoms with Crippen molar-refractivity contribution in [1.82, 2.24) is 0 Å². The molecular formula is C17H16ClNO2. The predicted octanol–water partition coefficient (Wildman–Crippen LogP) is 4.53. The van der Waals surface area contributed by atoms with E-state index in [0.29, 0.717) is 17.4 Å². The summed E-state index contributed by atoms with van der Waals surface area (Å²) in [6.45, 7) is 2.51. The fourth-order valence-electron chi connectivity index (χ4n) is 2.45. The van der Waals surface area contributed by atoms with E-state index in [1.165, 1.54) is 0 Å². The van der Waals surface area contributed by atoms with Crippen molar-refractivity contribution in [2.45, 2.75) is 13.0 Å². The average Bonchev–Trinajstić information content (AvgIpc) is 2.92. The lowest BCUT2D eigenvalue weighted by Crippen LogP contribution is -2.13. The van der Waals surface area contributed by atoms with E-state index in [9.17, 15) is 0 Å². The largest absolute Gasteiger partial charge is 0.494 e. The lowest BCUT2D eigenvalue weighted by molar-refractivity contribution is 0.334. The zero-order valence-electron chi connectivity index (χ0n) is 11.7. The van der Waals surface area contributed by atoms with E-state index in [1.54, 1.807) is 12.3 Å². The third-order valence-electron chi connectivity index (χ3n) is 3.43. The molecule has 1 unspecified atom stereocenters. The van der Waals surface area contributed by atoms with Gasteiger partial charge in [-0.15, -0.1) is 0 Å². The molecule has 0 amide bonds. The number of halogens is 1. The summed E-state index contributed by atoms with van der Waals surface area (Å²) in [6.07, 6.45) is 1.72. The van der Waals surface area contributed by atoms with Crippen LogP contribution in [0, 0.1) is 0 Å². The molecule has 0 aliphatic carbocycles. The minimum atomic E-state index is -0.426. The highest BCUT2D eigenvalue weighted by atomic mass is 35.5. The third-order valence-corrected chi connectivity index (χ3v) is 3.66. The van der Waals surface area contributed by atoms with E-state index in [4.69, 9.17) is 26.5 Å². The molecule has 0 aliphatic rings. The Morgan fingerprint density at radius 3 is 2.86 bits per heavy atom. The zero-order chi connectivity index (χ0) is 14.8. The molecule has 0 radical (unpaired) electrons. The maximum Gasteiger partial charge on any atom is 0.132 e. The van der Waals surface area contributed by atoms with Gasteiger partial charge in [-0.3, -0.25) is 0 Å². The Bertz CT molecular complexity index is 766. The van der Waals surface area contributed by atoms with Crippen LogP contribution >= 0.6 is 11.6 Å². The van der Waals surface area contributed by atoms with Crippen molar-refractivity contribution in [3.63, 3.8) is 0 Å². The number of hydrogen-bond acceptors (Lipinski definition) is 3. The van der Waals surface area contributed by atoms with Crippen LogP contribution in [0.15, 0.2) is 53.1 Å². The van der Waals surface area contributed by atoms with Crippen LogP contribution in [-0.2, 0) is 0 Å². The van der Waals surface area contributed by atoms with Gasteiger partial charge in [0.2, 0.25) is 0 Å². The fourth-order valence-corrected chi connectivity index (χ4v) is 2.63. The Balaban J connectivity index is 2.09. The summed E-state index contributed by atoms with van der Waals surface area (Å²) in [4.78, 5) is 0. The molecule has 3 nitrogen and oxygen atoms in total. The molecule has 3 rings (SSSR count). The maximum atomic E-state index is 6.39. The summed E-state index contributed by atoms with van der Waals surface area (Å²) in [5, 5.41) is 2.66. The van der Waals surface area contributed by atoms with Crippen molar-refractivity contribution >= 4 is 22.4 Å².